The van der Waals surface area contributed by atoms with Crippen LogP contribution in [-0.2, 0) is 4.79 Å². The number of rotatable bonds is 5. The molecule has 7 heteroatoms. The molecule has 0 bridgehead atoms. The van der Waals surface area contributed by atoms with E-state index in [4.69, 9.17) is 4.74 Å². The van der Waals surface area contributed by atoms with E-state index in [0.29, 0.717) is 11.3 Å². The quantitative estimate of drug-likeness (QED) is 0.532. The number of nitrogens with zero attached hydrogens (tertiary/aromatic N) is 1. The second-order valence-electron chi connectivity index (χ2n) is 7.60. The van der Waals surface area contributed by atoms with E-state index in [1.165, 1.54) is 0 Å². The van der Waals surface area contributed by atoms with Crippen molar-refractivity contribution in [3.63, 3.8) is 0 Å². The third kappa shape index (κ3) is 4.73. The molecule has 0 aliphatic carbocycles. The third-order valence-corrected chi connectivity index (χ3v) is 5.88. The number of benzene rings is 3. The van der Waals surface area contributed by atoms with Gasteiger partial charge in [-0.25, -0.2) is 0 Å². The van der Waals surface area contributed by atoms with Crippen LogP contribution in [-0.4, -0.2) is 35.9 Å². The largest absolute Gasteiger partial charge is 0.497 e. The number of halogens is 1. The number of nitrogens with one attached hydrogen (secondary N) is 2. The van der Waals surface area contributed by atoms with E-state index in [2.05, 4.69) is 26.7 Å². The van der Waals surface area contributed by atoms with E-state index in [0.717, 1.165) is 21.2 Å². The minimum Gasteiger partial charge on any atom is -0.497 e. The van der Waals surface area contributed by atoms with Gasteiger partial charge >= 0.3 is 5.91 Å². The van der Waals surface area contributed by atoms with Crippen LogP contribution in [0.15, 0.2) is 77.3 Å². The number of ether oxygens (including phenoxy) is 1. The van der Waals surface area contributed by atoms with Gasteiger partial charge in [0.25, 0.3) is 5.91 Å². The fraction of sp³-hybridized carbons (Fsp3) is 0.160. The summed E-state index contributed by atoms with van der Waals surface area (Å²) in [6.07, 6.45) is 1.87. The van der Waals surface area contributed by atoms with E-state index >= 15 is 0 Å². The van der Waals surface area contributed by atoms with Crippen LogP contribution >= 0.6 is 15.9 Å². The number of methoxy groups -OCH3 is 1. The van der Waals surface area contributed by atoms with Gasteiger partial charge in [0.1, 0.15) is 5.75 Å². The van der Waals surface area contributed by atoms with Crippen LogP contribution in [0.4, 0.5) is 0 Å². The number of aryl methyl sites for hydroxylation is 1. The lowest BCUT2D eigenvalue weighted by atomic mass is 9.98. The monoisotopic (exact) mass is 492 g/mol. The highest BCUT2D eigenvalue weighted by Gasteiger charge is 2.47. The summed E-state index contributed by atoms with van der Waals surface area (Å²) < 4.78 is 7.88. The predicted molar refractivity (Wildman–Crippen MR) is 126 cm³/mol. The number of hydrazone groups is 1. The van der Waals surface area contributed by atoms with Crippen LogP contribution in [0.1, 0.15) is 33.1 Å². The Balaban J connectivity index is 1.67. The number of amides is 2. The van der Waals surface area contributed by atoms with Crippen LogP contribution in [0, 0.1) is 6.92 Å². The fourth-order valence-corrected chi connectivity index (χ4v) is 3.88. The van der Waals surface area contributed by atoms with E-state index in [1.807, 2.05) is 61.7 Å². The first kappa shape index (κ1) is 21.8. The number of hydrogen-bond acceptors (Lipinski definition) is 3. The van der Waals surface area contributed by atoms with Crippen LogP contribution in [0.3, 0.4) is 0 Å². The molecule has 0 aromatic heterocycles. The Hall–Kier alpha value is -3.45. The average molecular weight is 493 g/mol. The molecule has 2 atom stereocenters. The summed E-state index contributed by atoms with van der Waals surface area (Å²) in [4.78, 5) is 25.8. The van der Waals surface area contributed by atoms with Crippen molar-refractivity contribution in [1.82, 2.24) is 10.7 Å². The Morgan fingerprint density at radius 2 is 1.69 bits per heavy atom. The highest BCUT2D eigenvalue weighted by Crippen LogP contribution is 2.26. The zero-order chi connectivity index (χ0) is 22.7. The lowest BCUT2D eigenvalue weighted by Gasteiger charge is -2.15. The fourth-order valence-electron chi connectivity index (χ4n) is 3.62. The van der Waals surface area contributed by atoms with E-state index in [9.17, 15) is 9.59 Å². The smallest absolute Gasteiger partial charge is 0.304 e. The molecule has 1 heterocycles. The van der Waals surface area contributed by atoms with Gasteiger partial charge in [0, 0.05) is 21.2 Å². The van der Waals surface area contributed by atoms with Crippen LogP contribution in [0.25, 0.3) is 0 Å². The van der Waals surface area contributed by atoms with Gasteiger partial charge in [-0.15, -0.1) is 10.1 Å². The van der Waals surface area contributed by atoms with Crippen molar-refractivity contribution >= 4 is 34.0 Å². The van der Waals surface area contributed by atoms with Gasteiger partial charge in [-0.05, 0) is 55.5 Å². The van der Waals surface area contributed by atoms with Crippen molar-refractivity contribution in [2.75, 3.05) is 7.11 Å². The van der Waals surface area contributed by atoms with Gasteiger partial charge in [0.2, 0.25) is 12.3 Å². The molecule has 2 N–H and O–H groups in total. The molecule has 3 aromatic carbocycles. The van der Waals surface area contributed by atoms with Gasteiger partial charge < -0.3 is 10.1 Å². The summed E-state index contributed by atoms with van der Waals surface area (Å²) in [5.41, 5.74) is 6.31. The molecular formula is C25H23BrN3O3+. The first-order valence-corrected chi connectivity index (χ1v) is 10.9. The minimum atomic E-state index is -0.765. The van der Waals surface area contributed by atoms with Gasteiger partial charge in [0.05, 0.1) is 7.11 Å². The Kier molecular flexibility index (Phi) is 6.37. The first-order valence-electron chi connectivity index (χ1n) is 10.2. The molecule has 1 aliphatic rings. The van der Waals surface area contributed by atoms with Gasteiger partial charge in [0.15, 0.2) is 6.04 Å². The Morgan fingerprint density at radius 3 is 2.31 bits per heavy atom. The summed E-state index contributed by atoms with van der Waals surface area (Å²) in [6, 6.07) is 21.3. The maximum atomic E-state index is 12.9. The SMILES string of the molecule is COc1ccc(C(=O)N[C@H]2C(=O)N/[N+](=C\c3ccc(Br)cc3)[C@H]2c2ccc(C)cc2)cc1. The molecule has 4 rings (SSSR count). The molecule has 1 fully saturated rings. The Morgan fingerprint density at radius 1 is 1.03 bits per heavy atom. The number of hydrogen-bond donors (Lipinski definition) is 2. The Labute approximate surface area is 195 Å². The van der Waals surface area contributed by atoms with E-state index in [1.54, 1.807) is 36.1 Å². The number of carbonyl (C=O) groups excluding carboxylic acids is 2. The highest BCUT2D eigenvalue weighted by molar-refractivity contribution is 9.10. The second-order valence-corrected chi connectivity index (χ2v) is 8.51. The lowest BCUT2D eigenvalue weighted by Crippen LogP contribution is -2.42. The molecule has 162 valence electrons. The maximum Gasteiger partial charge on any atom is 0.304 e. The number of hydrazine groups is 1. The summed E-state index contributed by atoms with van der Waals surface area (Å²) in [5.74, 6) is 0.0640. The van der Waals surface area contributed by atoms with Crippen LogP contribution < -0.4 is 15.5 Å². The van der Waals surface area contributed by atoms with Crippen molar-refractivity contribution in [3.05, 3.63) is 99.5 Å². The molecule has 3 aromatic rings. The second kappa shape index (κ2) is 9.36. The normalized spacial score (nSPS) is 19.0. The molecule has 1 saturated heterocycles. The number of carbonyl (C=O) groups is 2. The summed E-state index contributed by atoms with van der Waals surface area (Å²) >= 11 is 3.44. The average Bonchev–Trinajstić information content (AvgIpc) is 3.10. The highest BCUT2D eigenvalue weighted by atomic mass is 79.9. The topological polar surface area (TPSA) is 70.4 Å². The molecule has 2 amide bonds. The van der Waals surface area contributed by atoms with E-state index in [-0.39, 0.29) is 11.8 Å². The van der Waals surface area contributed by atoms with Crippen molar-refractivity contribution in [3.8, 4) is 5.75 Å². The lowest BCUT2D eigenvalue weighted by molar-refractivity contribution is -0.596. The van der Waals surface area contributed by atoms with Crippen molar-refractivity contribution in [1.29, 1.82) is 0 Å². The molecular weight excluding hydrogens is 470 g/mol. The maximum absolute atomic E-state index is 12.9. The minimum absolute atomic E-state index is 0.272. The summed E-state index contributed by atoms with van der Waals surface area (Å²) in [7, 11) is 1.57. The van der Waals surface area contributed by atoms with Gasteiger partial charge in [-0.3, -0.25) is 9.59 Å². The summed E-state index contributed by atoms with van der Waals surface area (Å²) in [6.45, 7) is 2.01. The molecule has 0 unspecified atom stereocenters. The first-order chi connectivity index (χ1) is 15.4. The van der Waals surface area contributed by atoms with Crippen molar-refractivity contribution in [2.24, 2.45) is 0 Å². The molecule has 0 spiro atoms. The Bertz CT molecular complexity index is 1160. The van der Waals surface area contributed by atoms with Crippen LogP contribution in [0.5, 0.6) is 5.75 Å². The van der Waals surface area contributed by atoms with Gasteiger partial charge in [-0.1, -0.05) is 45.8 Å². The zero-order valence-corrected chi connectivity index (χ0v) is 19.3. The summed E-state index contributed by atoms with van der Waals surface area (Å²) in [5, 5.41) is 2.91. The van der Waals surface area contributed by atoms with Crippen molar-refractivity contribution in [2.45, 2.75) is 19.0 Å². The molecule has 0 radical (unpaired) electrons. The third-order valence-electron chi connectivity index (χ3n) is 5.35. The predicted octanol–water partition coefficient (Wildman–Crippen LogP) is 3.78. The molecule has 32 heavy (non-hydrogen) atoms. The van der Waals surface area contributed by atoms with Crippen molar-refractivity contribution < 1.29 is 19.0 Å². The van der Waals surface area contributed by atoms with E-state index < -0.39 is 12.1 Å². The standard InChI is InChI=1S/C25H22BrN3O3/c1-16-3-7-18(8-4-16)23-22(27-24(30)19-9-13-21(32-2)14-10-19)25(31)28-29(23)15-17-5-11-20(26)12-6-17/h3-15,22-23H,1-2H3,(H-,27,28,30,31)/p+1/b29-15-/t22-,23+/m1/s1. The van der Waals surface area contributed by atoms with Gasteiger partial charge in [-0.2, -0.15) is 0 Å². The molecule has 0 saturated carbocycles. The molecule has 1 aliphatic heterocycles. The van der Waals surface area contributed by atoms with Crippen LogP contribution in [0.2, 0.25) is 0 Å². The molecule has 6 nitrogen and oxygen atoms in total. The zero-order valence-electron chi connectivity index (χ0n) is 17.7.